The molecule has 0 bridgehead atoms. The highest BCUT2D eigenvalue weighted by Gasteiger charge is 2.10. The molecule has 0 atom stereocenters. The van der Waals surface area contributed by atoms with E-state index in [0.717, 1.165) is 0 Å². The zero-order valence-corrected chi connectivity index (χ0v) is 9.43. The minimum atomic E-state index is -2.46. The Bertz CT molecular complexity index is 343. The van der Waals surface area contributed by atoms with E-state index in [-0.39, 0.29) is 6.61 Å². The van der Waals surface area contributed by atoms with Crippen LogP contribution in [0.3, 0.4) is 0 Å². The highest BCUT2D eigenvalue weighted by atomic mass is 32.1. The number of thiazole rings is 1. The Kier molecular flexibility index (Phi) is 5.27. The number of methoxy groups -OCH3 is 1. The highest BCUT2D eigenvalue weighted by Crippen LogP contribution is 2.14. The molecule has 1 aromatic rings. The molecule has 0 aliphatic heterocycles. The second-order valence-corrected chi connectivity index (χ2v) is 3.94. The number of aromatic nitrogens is 1. The first-order valence-electron chi connectivity index (χ1n) is 4.52. The summed E-state index contributed by atoms with van der Waals surface area (Å²) in [6, 6.07) is 0. The average molecular weight is 251 g/mol. The third-order valence-electron chi connectivity index (χ3n) is 1.64. The molecule has 1 rings (SSSR count). The van der Waals surface area contributed by atoms with E-state index in [1.165, 1.54) is 24.6 Å². The molecule has 0 saturated carbocycles. The lowest BCUT2D eigenvalue weighted by Crippen LogP contribution is -2.06. The standard InChI is InChI=1S/C9H11F2NO3S/c1-14-9(13)6-4-12-8(16-6)2-3-15-5-7(10)11/h4,7H,2-3,5H2,1H3. The van der Waals surface area contributed by atoms with Crippen LogP contribution in [0.2, 0.25) is 0 Å². The molecule has 0 spiro atoms. The van der Waals surface area contributed by atoms with E-state index in [1.807, 2.05) is 0 Å². The molecule has 4 nitrogen and oxygen atoms in total. The van der Waals surface area contributed by atoms with Gasteiger partial charge in [-0.05, 0) is 0 Å². The summed E-state index contributed by atoms with van der Waals surface area (Å²) < 4.78 is 32.6. The fraction of sp³-hybridized carbons (Fsp3) is 0.556. The topological polar surface area (TPSA) is 48.4 Å². The third-order valence-corrected chi connectivity index (χ3v) is 2.68. The van der Waals surface area contributed by atoms with Gasteiger partial charge < -0.3 is 9.47 Å². The van der Waals surface area contributed by atoms with Crippen molar-refractivity contribution in [2.75, 3.05) is 20.3 Å². The van der Waals surface area contributed by atoms with Gasteiger partial charge in [-0.15, -0.1) is 11.3 Å². The Labute approximate surface area is 95.2 Å². The van der Waals surface area contributed by atoms with Gasteiger partial charge in [0.2, 0.25) is 0 Å². The van der Waals surface area contributed by atoms with Crippen molar-refractivity contribution in [3.63, 3.8) is 0 Å². The average Bonchev–Trinajstić information content (AvgIpc) is 2.71. The molecule has 0 saturated heterocycles. The molecule has 0 aliphatic rings. The summed E-state index contributed by atoms with van der Waals surface area (Å²) in [4.78, 5) is 15.4. The van der Waals surface area contributed by atoms with Gasteiger partial charge in [0, 0.05) is 6.42 Å². The summed E-state index contributed by atoms with van der Waals surface area (Å²) in [7, 11) is 1.29. The van der Waals surface area contributed by atoms with Crippen LogP contribution in [0.1, 0.15) is 14.7 Å². The fourth-order valence-electron chi connectivity index (χ4n) is 0.953. The summed E-state index contributed by atoms with van der Waals surface area (Å²) in [5.41, 5.74) is 0. The SMILES string of the molecule is COC(=O)c1cnc(CCOCC(F)F)s1. The number of esters is 1. The number of hydrogen-bond acceptors (Lipinski definition) is 5. The Morgan fingerprint density at radius 2 is 2.38 bits per heavy atom. The van der Waals surface area contributed by atoms with E-state index >= 15 is 0 Å². The minimum absolute atomic E-state index is 0.165. The van der Waals surface area contributed by atoms with Crippen LogP contribution in [0, 0.1) is 0 Å². The van der Waals surface area contributed by atoms with Gasteiger partial charge in [-0.2, -0.15) is 0 Å². The lowest BCUT2D eigenvalue weighted by molar-refractivity contribution is 0.0187. The highest BCUT2D eigenvalue weighted by molar-refractivity contribution is 7.13. The van der Waals surface area contributed by atoms with Gasteiger partial charge in [-0.25, -0.2) is 18.6 Å². The number of nitrogens with zero attached hydrogens (tertiary/aromatic N) is 1. The van der Waals surface area contributed by atoms with Crippen molar-refractivity contribution < 1.29 is 23.0 Å². The van der Waals surface area contributed by atoms with Crippen LogP contribution in [0.5, 0.6) is 0 Å². The minimum Gasteiger partial charge on any atom is -0.465 e. The summed E-state index contributed by atoms with van der Waals surface area (Å²) in [6.45, 7) is -0.409. The van der Waals surface area contributed by atoms with E-state index in [1.54, 1.807) is 0 Å². The summed E-state index contributed by atoms with van der Waals surface area (Å²) in [5.74, 6) is -0.447. The number of rotatable bonds is 6. The zero-order chi connectivity index (χ0) is 12.0. The van der Waals surface area contributed by atoms with Crippen LogP contribution in [-0.2, 0) is 15.9 Å². The largest absolute Gasteiger partial charge is 0.465 e. The van der Waals surface area contributed by atoms with Gasteiger partial charge >= 0.3 is 5.97 Å². The van der Waals surface area contributed by atoms with Crippen molar-refractivity contribution in [3.8, 4) is 0 Å². The maximum absolute atomic E-state index is 11.7. The first-order valence-corrected chi connectivity index (χ1v) is 5.34. The number of halogens is 2. The molecule has 16 heavy (non-hydrogen) atoms. The molecule has 0 amide bonds. The van der Waals surface area contributed by atoms with Gasteiger partial charge in [-0.1, -0.05) is 0 Å². The van der Waals surface area contributed by atoms with Crippen molar-refractivity contribution in [1.29, 1.82) is 0 Å². The van der Waals surface area contributed by atoms with Crippen LogP contribution < -0.4 is 0 Å². The van der Waals surface area contributed by atoms with Crippen LogP contribution in [0.25, 0.3) is 0 Å². The second-order valence-electron chi connectivity index (χ2n) is 2.83. The van der Waals surface area contributed by atoms with E-state index < -0.39 is 19.0 Å². The van der Waals surface area contributed by atoms with Gasteiger partial charge in [0.05, 0.1) is 24.9 Å². The number of carbonyl (C=O) groups excluding carboxylic acids is 1. The van der Waals surface area contributed by atoms with Crippen LogP contribution >= 0.6 is 11.3 Å². The number of hydrogen-bond donors (Lipinski definition) is 0. The molecule has 7 heteroatoms. The Hall–Kier alpha value is -1.08. The molecule has 0 fully saturated rings. The fourth-order valence-corrected chi connectivity index (χ4v) is 1.77. The quantitative estimate of drug-likeness (QED) is 0.571. The Morgan fingerprint density at radius 1 is 1.62 bits per heavy atom. The summed E-state index contributed by atoms with van der Waals surface area (Å²) >= 11 is 1.17. The predicted molar refractivity (Wildman–Crippen MR) is 54.0 cm³/mol. The summed E-state index contributed by atoms with van der Waals surface area (Å²) in [5, 5.41) is 0.662. The van der Waals surface area contributed by atoms with Gasteiger partial charge in [0.1, 0.15) is 11.5 Å². The number of alkyl halides is 2. The first-order chi connectivity index (χ1) is 7.63. The number of ether oxygens (including phenoxy) is 2. The first kappa shape index (κ1) is 13.0. The van der Waals surface area contributed by atoms with Gasteiger partial charge in [0.15, 0.2) is 0 Å². The zero-order valence-electron chi connectivity index (χ0n) is 8.61. The lowest BCUT2D eigenvalue weighted by atomic mass is 10.5. The Balaban J connectivity index is 2.32. The van der Waals surface area contributed by atoms with Crippen LogP contribution in [0.15, 0.2) is 6.20 Å². The molecule has 1 heterocycles. The molecular weight excluding hydrogens is 240 g/mol. The second kappa shape index (κ2) is 6.49. The molecule has 0 N–H and O–H groups in total. The molecule has 0 radical (unpaired) electrons. The van der Waals surface area contributed by atoms with Crippen LogP contribution in [0.4, 0.5) is 8.78 Å². The van der Waals surface area contributed by atoms with Crippen molar-refractivity contribution >= 4 is 17.3 Å². The van der Waals surface area contributed by atoms with Crippen molar-refractivity contribution in [2.45, 2.75) is 12.8 Å². The van der Waals surface area contributed by atoms with E-state index in [2.05, 4.69) is 9.72 Å². The monoisotopic (exact) mass is 251 g/mol. The third kappa shape index (κ3) is 4.19. The predicted octanol–water partition coefficient (Wildman–Crippen LogP) is 1.75. The molecule has 0 unspecified atom stereocenters. The van der Waals surface area contributed by atoms with Crippen molar-refractivity contribution in [1.82, 2.24) is 4.98 Å². The molecule has 0 aliphatic carbocycles. The van der Waals surface area contributed by atoms with Gasteiger partial charge in [0.25, 0.3) is 6.43 Å². The maximum Gasteiger partial charge on any atom is 0.349 e. The van der Waals surface area contributed by atoms with Crippen LogP contribution in [-0.4, -0.2) is 37.7 Å². The Morgan fingerprint density at radius 3 is 3.00 bits per heavy atom. The molecule has 0 aromatic carbocycles. The smallest absolute Gasteiger partial charge is 0.349 e. The van der Waals surface area contributed by atoms with Crippen molar-refractivity contribution in [2.24, 2.45) is 0 Å². The summed E-state index contributed by atoms with van der Waals surface area (Å²) in [6.07, 6.45) is -0.644. The molecule has 90 valence electrons. The number of carbonyl (C=O) groups is 1. The van der Waals surface area contributed by atoms with E-state index in [4.69, 9.17) is 4.74 Å². The molecule has 1 aromatic heterocycles. The molecular formula is C9H11F2NO3S. The van der Waals surface area contributed by atoms with Crippen molar-refractivity contribution in [3.05, 3.63) is 16.1 Å². The maximum atomic E-state index is 11.7. The van der Waals surface area contributed by atoms with E-state index in [0.29, 0.717) is 16.3 Å². The lowest BCUT2D eigenvalue weighted by Gasteiger charge is -2.00. The van der Waals surface area contributed by atoms with E-state index in [9.17, 15) is 13.6 Å². The van der Waals surface area contributed by atoms with Gasteiger partial charge in [-0.3, -0.25) is 0 Å². The normalized spacial score (nSPS) is 10.8.